The van der Waals surface area contributed by atoms with E-state index in [1.165, 1.54) is 0 Å². The van der Waals surface area contributed by atoms with Crippen LogP contribution in [0.4, 0.5) is 11.4 Å². The molecule has 2 rings (SSSR count). The molecule has 1 unspecified atom stereocenters. The first kappa shape index (κ1) is 12.2. The van der Waals surface area contributed by atoms with Gasteiger partial charge in [0, 0.05) is 16.9 Å². The van der Waals surface area contributed by atoms with Crippen LogP contribution in [-0.4, -0.2) is 24.1 Å². The molecule has 0 saturated carbocycles. The standard InChI is InChI=1S/C13H15N3O2/c14-10-1-2-12(15)11(7-10)13-9(3-6-18-13)8-16-4-5-17/h1-3,6-7,13,17H,4-5,14-15H2. The third-order valence-corrected chi connectivity index (χ3v) is 2.56. The number of benzene rings is 1. The molecule has 0 bridgehead atoms. The fourth-order valence-electron chi connectivity index (χ4n) is 1.71. The van der Waals surface area contributed by atoms with Gasteiger partial charge in [-0.15, -0.1) is 0 Å². The predicted octanol–water partition coefficient (Wildman–Crippen LogP) is 1.02. The minimum absolute atomic E-state index is 0.00403. The molecular weight excluding hydrogens is 230 g/mol. The van der Waals surface area contributed by atoms with Gasteiger partial charge in [-0.2, -0.15) is 0 Å². The van der Waals surface area contributed by atoms with Crippen LogP contribution < -0.4 is 11.5 Å². The molecule has 0 aromatic heterocycles. The quantitative estimate of drug-likeness (QED) is 0.547. The molecule has 94 valence electrons. The van der Waals surface area contributed by atoms with E-state index in [0.717, 1.165) is 11.1 Å². The molecule has 0 amide bonds. The summed E-state index contributed by atoms with van der Waals surface area (Å²) in [6.45, 7) is 0.312. The van der Waals surface area contributed by atoms with Crippen molar-refractivity contribution in [2.75, 3.05) is 24.6 Å². The third-order valence-electron chi connectivity index (χ3n) is 2.56. The van der Waals surface area contributed by atoms with Gasteiger partial charge in [-0.3, -0.25) is 0 Å². The highest BCUT2D eigenvalue weighted by molar-refractivity contribution is 5.68. The molecule has 1 atom stereocenters. The smallest absolute Gasteiger partial charge is 0.159 e. The molecule has 1 heterocycles. The number of rotatable bonds is 3. The number of hydrogen-bond donors (Lipinski definition) is 3. The van der Waals surface area contributed by atoms with E-state index in [1.54, 1.807) is 30.5 Å². The van der Waals surface area contributed by atoms with E-state index in [9.17, 15) is 0 Å². The minimum Gasteiger partial charge on any atom is -0.488 e. The van der Waals surface area contributed by atoms with Crippen LogP contribution in [0.5, 0.6) is 0 Å². The summed E-state index contributed by atoms with van der Waals surface area (Å²) in [5.41, 5.74) is 14.5. The first-order chi connectivity index (χ1) is 8.72. The van der Waals surface area contributed by atoms with Crippen molar-refractivity contribution in [3.05, 3.63) is 41.7 Å². The van der Waals surface area contributed by atoms with Crippen molar-refractivity contribution in [3.63, 3.8) is 0 Å². The molecule has 1 aliphatic rings. The molecule has 0 spiro atoms. The molecule has 18 heavy (non-hydrogen) atoms. The average molecular weight is 245 g/mol. The number of anilines is 2. The first-order valence-corrected chi connectivity index (χ1v) is 5.59. The number of nitrogen functional groups attached to an aromatic ring is 2. The molecule has 0 fully saturated rings. The third kappa shape index (κ3) is 2.53. The lowest BCUT2D eigenvalue weighted by Crippen LogP contribution is -2.04. The van der Waals surface area contributed by atoms with Gasteiger partial charge < -0.3 is 21.3 Å². The summed E-state index contributed by atoms with van der Waals surface area (Å²) in [6, 6.07) is 5.26. The second-order valence-corrected chi connectivity index (χ2v) is 3.88. The number of nitrogens with two attached hydrogens (primary N) is 2. The van der Waals surface area contributed by atoms with Gasteiger partial charge in [0.15, 0.2) is 6.10 Å². The fraction of sp³-hybridized carbons (Fsp3) is 0.231. The molecule has 0 aliphatic carbocycles. The Morgan fingerprint density at radius 2 is 2.22 bits per heavy atom. The second kappa shape index (κ2) is 5.40. The Hall–Kier alpha value is -2.23. The summed E-state index contributed by atoms with van der Waals surface area (Å²) in [7, 11) is 0. The zero-order valence-electron chi connectivity index (χ0n) is 9.84. The van der Waals surface area contributed by atoms with E-state index in [0.29, 0.717) is 17.9 Å². The summed E-state index contributed by atoms with van der Waals surface area (Å²) >= 11 is 0. The molecule has 5 N–H and O–H groups in total. The molecule has 0 saturated heterocycles. The predicted molar refractivity (Wildman–Crippen MR) is 71.1 cm³/mol. The van der Waals surface area contributed by atoms with E-state index in [2.05, 4.69) is 10.9 Å². The normalized spacial score (nSPS) is 17.4. The SMILES string of the molecule is Nc1ccc(N)c(C2OC=CC2=C=NCCO)c1. The highest BCUT2D eigenvalue weighted by atomic mass is 16.5. The van der Waals surface area contributed by atoms with Gasteiger partial charge >= 0.3 is 0 Å². The van der Waals surface area contributed by atoms with Crippen LogP contribution in [0, 0.1) is 0 Å². The van der Waals surface area contributed by atoms with Crippen molar-refractivity contribution in [1.82, 2.24) is 0 Å². The van der Waals surface area contributed by atoms with Crippen molar-refractivity contribution in [1.29, 1.82) is 0 Å². The fourth-order valence-corrected chi connectivity index (χ4v) is 1.71. The summed E-state index contributed by atoms with van der Waals surface area (Å²) in [6.07, 6.45) is 3.01. The van der Waals surface area contributed by atoms with E-state index < -0.39 is 0 Å². The maximum Gasteiger partial charge on any atom is 0.159 e. The maximum absolute atomic E-state index is 8.67. The lowest BCUT2D eigenvalue weighted by atomic mass is 10.0. The van der Waals surface area contributed by atoms with Crippen LogP contribution >= 0.6 is 0 Å². The largest absolute Gasteiger partial charge is 0.488 e. The zero-order valence-corrected chi connectivity index (χ0v) is 9.84. The molecule has 1 aliphatic heterocycles. The van der Waals surface area contributed by atoms with Gasteiger partial charge in [-0.1, -0.05) is 0 Å². The van der Waals surface area contributed by atoms with E-state index in [1.807, 2.05) is 0 Å². The van der Waals surface area contributed by atoms with Crippen LogP contribution in [0.3, 0.4) is 0 Å². The van der Waals surface area contributed by atoms with Crippen LogP contribution in [0.1, 0.15) is 11.7 Å². The minimum atomic E-state index is -0.337. The number of aliphatic imine (C=N–C) groups is 1. The number of aliphatic hydroxyl groups excluding tert-OH is 1. The van der Waals surface area contributed by atoms with E-state index in [-0.39, 0.29) is 12.7 Å². The lowest BCUT2D eigenvalue weighted by Gasteiger charge is -2.14. The van der Waals surface area contributed by atoms with Gasteiger partial charge in [0.05, 0.1) is 25.0 Å². The zero-order chi connectivity index (χ0) is 13.0. The van der Waals surface area contributed by atoms with Crippen LogP contribution in [0.2, 0.25) is 0 Å². The van der Waals surface area contributed by atoms with Crippen molar-refractivity contribution in [2.24, 2.45) is 4.99 Å². The van der Waals surface area contributed by atoms with Crippen LogP contribution in [0.15, 0.2) is 41.1 Å². The van der Waals surface area contributed by atoms with Gasteiger partial charge in [0.2, 0.25) is 0 Å². The lowest BCUT2D eigenvalue weighted by molar-refractivity contribution is 0.202. The summed E-state index contributed by atoms with van der Waals surface area (Å²) in [4.78, 5) is 3.96. The topological polar surface area (TPSA) is 93.9 Å². The highest BCUT2D eigenvalue weighted by Gasteiger charge is 2.22. The number of aliphatic hydroxyl groups is 1. The number of ether oxygens (including phenoxy) is 1. The van der Waals surface area contributed by atoms with Gasteiger partial charge in [0.25, 0.3) is 0 Å². The van der Waals surface area contributed by atoms with Crippen molar-refractivity contribution in [3.8, 4) is 0 Å². The van der Waals surface area contributed by atoms with Crippen LogP contribution in [0.25, 0.3) is 0 Å². The van der Waals surface area contributed by atoms with Gasteiger partial charge in [-0.25, -0.2) is 4.99 Å². The Labute approximate surface area is 105 Å². The van der Waals surface area contributed by atoms with Crippen molar-refractivity contribution < 1.29 is 9.84 Å². The molecule has 0 radical (unpaired) electrons. The molecule has 5 nitrogen and oxygen atoms in total. The maximum atomic E-state index is 8.67. The van der Waals surface area contributed by atoms with Gasteiger partial charge in [0.1, 0.15) is 0 Å². The summed E-state index contributed by atoms with van der Waals surface area (Å²) < 4.78 is 5.48. The van der Waals surface area contributed by atoms with Crippen LogP contribution in [-0.2, 0) is 4.74 Å². The van der Waals surface area contributed by atoms with Crippen molar-refractivity contribution in [2.45, 2.75) is 6.10 Å². The monoisotopic (exact) mass is 245 g/mol. The van der Waals surface area contributed by atoms with E-state index in [4.69, 9.17) is 21.3 Å². The first-order valence-electron chi connectivity index (χ1n) is 5.59. The Bertz CT molecular complexity index is 531. The Balaban J connectivity index is 2.33. The summed E-state index contributed by atoms with van der Waals surface area (Å²) in [5, 5.41) is 8.67. The molecule has 1 aromatic carbocycles. The Morgan fingerprint density at radius 3 is 3.00 bits per heavy atom. The number of hydrogen-bond acceptors (Lipinski definition) is 5. The summed E-state index contributed by atoms with van der Waals surface area (Å²) in [5.74, 6) is 2.85. The number of nitrogens with zero attached hydrogens (tertiary/aromatic N) is 1. The van der Waals surface area contributed by atoms with Gasteiger partial charge in [-0.05, 0) is 30.1 Å². The van der Waals surface area contributed by atoms with E-state index >= 15 is 0 Å². The molecular formula is C13H15N3O2. The second-order valence-electron chi connectivity index (χ2n) is 3.88. The molecule has 1 aromatic rings. The highest BCUT2D eigenvalue weighted by Crippen LogP contribution is 2.34. The average Bonchev–Trinajstić information content (AvgIpc) is 2.81. The Morgan fingerprint density at radius 1 is 1.39 bits per heavy atom. The molecule has 5 heteroatoms. The Kier molecular flexibility index (Phi) is 3.67. The van der Waals surface area contributed by atoms with Crippen molar-refractivity contribution >= 4 is 17.2 Å².